The van der Waals surface area contributed by atoms with Crippen molar-refractivity contribution in [2.24, 2.45) is 0 Å². The van der Waals surface area contributed by atoms with Gasteiger partial charge in [-0.25, -0.2) is 0 Å². The predicted octanol–water partition coefficient (Wildman–Crippen LogP) is 2.82. The van der Waals surface area contributed by atoms with E-state index in [-0.39, 0.29) is 11.4 Å². The molecule has 0 radical (unpaired) electrons. The maximum Gasteiger partial charge on any atom is 0.222 e. The van der Waals surface area contributed by atoms with Gasteiger partial charge in [-0.05, 0) is 39.8 Å². The summed E-state index contributed by atoms with van der Waals surface area (Å²) < 4.78 is 0. The van der Waals surface area contributed by atoms with Crippen LogP contribution in [0.3, 0.4) is 0 Å². The van der Waals surface area contributed by atoms with Gasteiger partial charge in [-0.3, -0.25) is 4.79 Å². The molecule has 0 aliphatic carbocycles. The van der Waals surface area contributed by atoms with Crippen LogP contribution in [0.15, 0.2) is 30.3 Å². The summed E-state index contributed by atoms with van der Waals surface area (Å²) in [4.78, 5) is 14.0. The van der Waals surface area contributed by atoms with Crippen LogP contribution in [0.2, 0.25) is 0 Å². The Bertz CT molecular complexity index is 368. The summed E-state index contributed by atoms with van der Waals surface area (Å²) in [6.07, 6.45) is 0.528. The van der Waals surface area contributed by atoms with Crippen molar-refractivity contribution in [1.29, 1.82) is 0 Å². The van der Waals surface area contributed by atoms with E-state index in [2.05, 4.69) is 29.3 Å². The van der Waals surface area contributed by atoms with Crippen molar-refractivity contribution < 1.29 is 4.79 Å². The summed E-state index contributed by atoms with van der Waals surface area (Å²) in [5, 5.41) is 2.98. The lowest BCUT2D eigenvalue weighted by atomic mass is 10.1. The van der Waals surface area contributed by atoms with Crippen molar-refractivity contribution in [2.75, 3.05) is 18.0 Å². The molecule has 0 saturated heterocycles. The average molecular weight is 248 g/mol. The molecule has 0 saturated carbocycles. The van der Waals surface area contributed by atoms with Crippen LogP contribution in [-0.4, -0.2) is 24.5 Å². The number of para-hydroxylation sites is 1. The van der Waals surface area contributed by atoms with Crippen LogP contribution in [0.1, 0.15) is 34.1 Å². The fourth-order valence-electron chi connectivity index (χ4n) is 1.83. The third kappa shape index (κ3) is 5.21. The molecule has 100 valence electrons. The van der Waals surface area contributed by atoms with Crippen LogP contribution in [0.25, 0.3) is 0 Å². The van der Waals surface area contributed by atoms with Crippen molar-refractivity contribution in [3.8, 4) is 0 Å². The number of hydrogen-bond donors (Lipinski definition) is 1. The van der Waals surface area contributed by atoms with Gasteiger partial charge in [0.25, 0.3) is 0 Å². The Labute approximate surface area is 110 Å². The molecular weight excluding hydrogens is 224 g/mol. The summed E-state index contributed by atoms with van der Waals surface area (Å²) >= 11 is 0. The molecule has 0 fully saturated rings. The number of carbonyl (C=O) groups excluding carboxylic acids is 1. The summed E-state index contributed by atoms with van der Waals surface area (Å²) in [6.45, 7) is 9.77. The normalized spacial score (nSPS) is 11.1. The Kier molecular flexibility index (Phi) is 5.20. The number of rotatable bonds is 5. The van der Waals surface area contributed by atoms with Crippen molar-refractivity contribution in [1.82, 2.24) is 5.32 Å². The Balaban J connectivity index is 2.48. The molecule has 3 nitrogen and oxygen atoms in total. The Hall–Kier alpha value is -1.51. The second-order valence-electron chi connectivity index (χ2n) is 5.46. The molecular formula is C15H24N2O. The van der Waals surface area contributed by atoms with E-state index in [1.807, 2.05) is 39.0 Å². The highest BCUT2D eigenvalue weighted by Crippen LogP contribution is 2.13. The summed E-state index contributed by atoms with van der Waals surface area (Å²) in [7, 11) is 0. The zero-order valence-corrected chi connectivity index (χ0v) is 11.9. The third-order valence-corrected chi connectivity index (χ3v) is 2.63. The van der Waals surface area contributed by atoms with Crippen LogP contribution in [0, 0.1) is 0 Å². The predicted molar refractivity (Wildman–Crippen MR) is 76.8 cm³/mol. The SMILES string of the molecule is CCN(CCC(=O)NC(C)(C)C)c1ccccc1. The van der Waals surface area contributed by atoms with Gasteiger partial charge in [0.05, 0.1) is 0 Å². The first-order valence-corrected chi connectivity index (χ1v) is 6.53. The van der Waals surface area contributed by atoms with Gasteiger partial charge in [0.2, 0.25) is 5.91 Å². The Morgan fingerprint density at radius 2 is 1.83 bits per heavy atom. The smallest absolute Gasteiger partial charge is 0.222 e. The van der Waals surface area contributed by atoms with Crippen molar-refractivity contribution in [3.05, 3.63) is 30.3 Å². The highest BCUT2D eigenvalue weighted by atomic mass is 16.1. The third-order valence-electron chi connectivity index (χ3n) is 2.63. The summed E-state index contributed by atoms with van der Waals surface area (Å²) in [5.41, 5.74) is 1.02. The van der Waals surface area contributed by atoms with Crippen LogP contribution in [0.4, 0.5) is 5.69 Å². The summed E-state index contributed by atoms with van der Waals surface area (Å²) in [5.74, 6) is 0.108. The maximum absolute atomic E-state index is 11.8. The lowest BCUT2D eigenvalue weighted by Crippen LogP contribution is -2.42. The van der Waals surface area contributed by atoms with Gasteiger partial charge in [-0.2, -0.15) is 0 Å². The Morgan fingerprint density at radius 3 is 2.33 bits per heavy atom. The molecule has 1 N–H and O–H groups in total. The molecule has 1 amide bonds. The average Bonchev–Trinajstić information content (AvgIpc) is 2.29. The molecule has 0 aliphatic heterocycles. The van der Waals surface area contributed by atoms with E-state index in [1.54, 1.807) is 0 Å². The topological polar surface area (TPSA) is 32.3 Å². The molecule has 0 spiro atoms. The van der Waals surface area contributed by atoms with Crippen LogP contribution >= 0.6 is 0 Å². The quantitative estimate of drug-likeness (QED) is 0.869. The van der Waals surface area contributed by atoms with E-state index in [0.717, 1.165) is 13.1 Å². The number of benzene rings is 1. The van der Waals surface area contributed by atoms with Crippen LogP contribution in [0.5, 0.6) is 0 Å². The van der Waals surface area contributed by atoms with Gasteiger partial charge in [-0.15, -0.1) is 0 Å². The molecule has 0 aliphatic rings. The van der Waals surface area contributed by atoms with E-state index in [1.165, 1.54) is 5.69 Å². The zero-order chi connectivity index (χ0) is 13.6. The number of anilines is 1. The molecule has 0 unspecified atom stereocenters. The fraction of sp³-hybridized carbons (Fsp3) is 0.533. The number of carbonyl (C=O) groups is 1. The number of nitrogens with zero attached hydrogens (tertiary/aromatic N) is 1. The molecule has 0 aromatic heterocycles. The van der Waals surface area contributed by atoms with Gasteiger partial charge in [0, 0.05) is 30.7 Å². The highest BCUT2D eigenvalue weighted by molar-refractivity contribution is 5.77. The standard InChI is InChI=1S/C15H24N2O/c1-5-17(13-9-7-6-8-10-13)12-11-14(18)16-15(2,3)4/h6-10H,5,11-12H2,1-4H3,(H,16,18). The minimum atomic E-state index is -0.152. The second kappa shape index (κ2) is 6.43. The lowest BCUT2D eigenvalue weighted by Gasteiger charge is -2.25. The molecule has 1 aromatic carbocycles. The molecule has 1 rings (SSSR count). The van der Waals surface area contributed by atoms with Gasteiger partial charge in [0.15, 0.2) is 0 Å². The molecule has 1 aromatic rings. The molecule has 0 heterocycles. The van der Waals surface area contributed by atoms with Gasteiger partial charge < -0.3 is 10.2 Å². The summed E-state index contributed by atoms with van der Waals surface area (Å²) in [6, 6.07) is 10.2. The minimum absolute atomic E-state index is 0.108. The Morgan fingerprint density at radius 1 is 1.22 bits per heavy atom. The van der Waals surface area contributed by atoms with E-state index >= 15 is 0 Å². The van der Waals surface area contributed by atoms with Crippen LogP contribution in [-0.2, 0) is 4.79 Å². The van der Waals surface area contributed by atoms with Crippen LogP contribution < -0.4 is 10.2 Å². The first-order chi connectivity index (χ1) is 8.42. The first kappa shape index (κ1) is 14.6. The first-order valence-electron chi connectivity index (χ1n) is 6.53. The molecule has 18 heavy (non-hydrogen) atoms. The minimum Gasteiger partial charge on any atom is -0.371 e. The lowest BCUT2D eigenvalue weighted by molar-refractivity contribution is -0.122. The highest BCUT2D eigenvalue weighted by Gasteiger charge is 2.14. The molecule has 0 bridgehead atoms. The largest absolute Gasteiger partial charge is 0.371 e. The fourth-order valence-corrected chi connectivity index (χ4v) is 1.83. The van der Waals surface area contributed by atoms with Gasteiger partial charge in [-0.1, -0.05) is 18.2 Å². The van der Waals surface area contributed by atoms with Crippen molar-refractivity contribution in [3.63, 3.8) is 0 Å². The number of hydrogen-bond acceptors (Lipinski definition) is 2. The van der Waals surface area contributed by atoms with Crippen molar-refractivity contribution in [2.45, 2.75) is 39.7 Å². The van der Waals surface area contributed by atoms with Gasteiger partial charge >= 0.3 is 0 Å². The number of nitrogens with one attached hydrogen (secondary N) is 1. The second-order valence-corrected chi connectivity index (χ2v) is 5.46. The molecule has 3 heteroatoms. The molecule has 0 atom stereocenters. The van der Waals surface area contributed by atoms with E-state index in [4.69, 9.17) is 0 Å². The van der Waals surface area contributed by atoms with Crippen molar-refractivity contribution >= 4 is 11.6 Å². The van der Waals surface area contributed by atoms with E-state index in [0.29, 0.717) is 6.42 Å². The number of amides is 1. The van der Waals surface area contributed by atoms with Gasteiger partial charge in [0.1, 0.15) is 0 Å². The zero-order valence-electron chi connectivity index (χ0n) is 11.9. The maximum atomic E-state index is 11.8. The van der Waals surface area contributed by atoms with E-state index in [9.17, 15) is 4.79 Å². The monoisotopic (exact) mass is 248 g/mol. The van der Waals surface area contributed by atoms with E-state index < -0.39 is 0 Å².